The second kappa shape index (κ2) is 10.2. The normalized spacial score (nSPS) is 10.9. The lowest BCUT2D eigenvalue weighted by Gasteiger charge is -2.10. The third kappa shape index (κ3) is 5.66. The van der Waals surface area contributed by atoms with Gasteiger partial charge in [-0.1, -0.05) is 48.2 Å². The Morgan fingerprint density at radius 3 is 2.81 bits per heavy atom. The van der Waals surface area contributed by atoms with Crippen molar-refractivity contribution in [3.63, 3.8) is 0 Å². The van der Waals surface area contributed by atoms with Crippen molar-refractivity contribution in [2.45, 2.75) is 18.1 Å². The molecule has 8 heteroatoms. The fourth-order valence-electron chi connectivity index (χ4n) is 2.54. The van der Waals surface area contributed by atoms with Crippen LogP contribution in [-0.4, -0.2) is 46.7 Å². The predicted molar refractivity (Wildman–Crippen MR) is 109 cm³/mol. The molecule has 0 spiro atoms. The van der Waals surface area contributed by atoms with Crippen molar-refractivity contribution in [2.24, 2.45) is 0 Å². The van der Waals surface area contributed by atoms with Crippen molar-refractivity contribution in [3.05, 3.63) is 52.7 Å². The molecule has 27 heavy (non-hydrogen) atoms. The van der Waals surface area contributed by atoms with Crippen LogP contribution in [0.5, 0.6) is 0 Å². The zero-order valence-corrected chi connectivity index (χ0v) is 16.8. The van der Waals surface area contributed by atoms with Crippen molar-refractivity contribution in [1.29, 1.82) is 0 Å². The van der Waals surface area contributed by atoms with Crippen LogP contribution in [0.2, 0.25) is 0 Å². The Bertz CT molecular complexity index is 835. The van der Waals surface area contributed by atoms with Crippen LogP contribution in [0.15, 0.2) is 53.0 Å². The van der Waals surface area contributed by atoms with Crippen LogP contribution >= 0.6 is 23.1 Å². The highest BCUT2D eigenvalue weighted by molar-refractivity contribution is 7.99. The first-order chi connectivity index (χ1) is 13.3. The highest BCUT2D eigenvalue weighted by Crippen LogP contribution is 2.23. The van der Waals surface area contributed by atoms with Gasteiger partial charge in [0.25, 0.3) is 0 Å². The van der Waals surface area contributed by atoms with Gasteiger partial charge in [0.05, 0.1) is 18.9 Å². The minimum atomic E-state index is -0.000825. The Labute approximate surface area is 167 Å². The molecule has 1 N–H and O–H groups in total. The Morgan fingerprint density at radius 2 is 2.07 bits per heavy atom. The third-order valence-corrected chi connectivity index (χ3v) is 5.78. The van der Waals surface area contributed by atoms with E-state index in [-0.39, 0.29) is 5.91 Å². The van der Waals surface area contributed by atoms with Gasteiger partial charge in [0, 0.05) is 24.1 Å². The lowest BCUT2D eigenvalue weighted by atomic mass is 10.2. The number of benzene rings is 1. The lowest BCUT2D eigenvalue weighted by molar-refractivity contribution is -0.118. The van der Waals surface area contributed by atoms with E-state index < -0.39 is 0 Å². The Hall–Kier alpha value is -2.16. The van der Waals surface area contributed by atoms with E-state index in [0.717, 1.165) is 23.0 Å². The van der Waals surface area contributed by atoms with E-state index in [1.54, 1.807) is 18.4 Å². The zero-order valence-electron chi connectivity index (χ0n) is 15.1. The second-order valence-electron chi connectivity index (χ2n) is 5.78. The standard InChI is InChI=1S/C19H22N4O2S2/c1-25-12-11-23-18(15-6-3-2-4-7-15)21-22-19(23)27-14-17(24)20-10-9-16-8-5-13-26-16/h2-8,13H,9-12,14H2,1H3,(H,20,24). The molecule has 0 radical (unpaired) electrons. The number of hydrogen-bond donors (Lipinski definition) is 1. The molecule has 0 bridgehead atoms. The molecule has 1 amide bonds. The minimum Gasteiger partial charge on any atom is -0.383 e. The Balaban J connectivity index is 1.58. The quantitative estimate of drug-likeness (QED) is 0.528. The van der Waals surface area contributed by atoms with Crippen LogP contribution < -0.4 is 5.32 Å². The fourth-order valence-corrected chi connectivity index (χ4v) is 4.04. The molecule has 2 aromatic heterocycles. The SMILES string of the molecule is COCCn1c(SCC(=O)NCCc2cccs2)nnc1-c1ccccc1. The van der Waals surface area contributed by atoms with Gasteiger partial charge in [-0.2, -0.15) is 0 Å². The van der Waals surface area contributed by atoms with Crippen LogP contribution in [0.25, 0.3) is 11.4 Å². The number of thiophene rings is 1. The average molecular weight is 403 g/mol. The van der Waals surface area contributed by atoms with Gasteiger partial charge in [-0.15, -0.1) is 21.5 Å². The molecule has 0 saturated heterocycles. The van der Waals surface area contributed by atoms with Gasteiger partial charge in [0.1, 0.15) is 0 Å². The number of carbonyl (C=O) groups excluding carboxylic acids is 1. The molecular formula is C19H22N4O2S2. The largest absolute Gasteiger partial charge is 0.383 e. The maximum absolute atomic E-state index is 12.1. The summed E-state index contributed by atoms with van der Waals surface area (Å²) in [5.41, 5.74) is 0.994. The van der Waals surface area contributed by atoms with E-state index in [0.29, 0.717) is 25.4 Å². The number of hydrogen-bond acceptors (Lipinski definition) is 6. The molecule has 2 heterocycles. The molecule has 0 aliphatic carbocycles. The number of carbonyl (C=O) groups is 1. The van der Waals surface area contributed by atoms with Crippen molar-refractivity contribution < 1.29 is 9.53 Å². The molecule has 0 saturated carbocycles. The van der Waals surface area contributed by atoms with Crippen LogP contribution in [0.1, 0.15) is 4.88 Å². The van der Waals surface area contributed by atoms with Gasteiger partial charge in [-0.3, -0.25) is 9.36 Å². The highest BCUT2D eigenvalue weighted by atomic mass is 32.2. The summed E-state index contributed by atoms with van der Waals surface area (Å²) in [6.07, 6.45) is 0.857. The molecule has 6 nitrogen and oxygen atoms in total. The number of aromatic nitrogens is 3. The number of ether oxygens (including phenoxy) is 1. The van der Waals surface area contributed by atoms with E-state index in [1.165, 1.54) is 16.6 Å². The molecule has 142 valence electrons. The molecule has 0 fully saturated rings. The summed E-state index contributed by atoms with van der Waals surface area (Å²) in [6.45, 7) is 1.83. The number of nitrogens with zero attached hydrogens (tertiary/aromatic N) is 3. The third-order valence-electron chi connectivity index (χ3n) is 3.87. The summed E-state index contributed by atoms with van der Waals surface area (Å²) >= 11 is 3.10. The molecule has 3 aromatic rings. The summed E-state index contributed by atoms with van der Waals surface area (Å²) in [7, 11) is 1.67. The van der Waals surface area contributed by atoms with E-state index in [2.05, 4.69) is 21.6 Å². The smallest absolute Gasteiger partial charge is 0.230 e. The molecule has 3 rings (SSSR count). The number of amides is 1. The number of nitrogens with one attached hydrogen (secondary N) is 1. The van der Waals surface area contributed by atoms with Crippen LogP contribution in [0, 0.1) is 0 Å². The van der Waals surface area contributed by atoms with E-state index >= 15 is 0 Å². The highest BCUT2D eigenvalue weighted by Gasteiger charge is 2.15. The van der Waals surface area contributed by atoms with Crippen LogP contribution in [-0.2, 0) is 22.5 Å². The maximum Gasteiger partial charge on any atom is 0.230 e. The van der Waals surface area contributed by atoms with Gasteiger partial charge in [-0.05, 0) is 17.9 Å². The van der Waals surface area contributed by atoms with Gasteiger partial charge < -0.3 is 10.1 Å². The predicted octanol–water partition coefficient (Wildman–Crippen LogP) is 3.10. The molecule has 0 atom stereocenters. The summed E-state index contributed by atoms with van der Waals surface area (Å²) < 4.78 is 7.21. The van der Waals surface area contributed by atoms with E-state index in [9.17, 15) is 4.79 Å². The van der Waals surface area contributed by atoms with Crippen LogP contribution in [0.3, 0.4) is 0 Å². The number of methoxy groups -OCH3 is 1. The fraction of sp³-hybridized carbons (Fsp3) is 0.316. The van der Waals surface area contributed by atoms with Crippen molar-refractivity contribution in [1.82, 2.24) is 20.1 Å². The first-order valence-electron chi connectivity index (χ1n) is 8.67. The number of thioether (sulfide) groups is 1. The van der Waals surface area contributed by atoms with Gasteiger partial charge >= 0.3 is 0 Å². The van der Waals surface area contributed by atoms with Crippen LogP contribution in [0.4, 0.5) is 0 Å². The first kappa shape index (κ1) is 19.6. The first-order valence-corrected chi connectivity index (χ1v) is 10.5. The summed E-state index contributed by atoms with van der Waals surface area (Å²) in [6, 6.07) is 14.0. The zero-order chi connectivity index (χ0) is 18.9. The topological polar surface area (TPSA) is 69.0 Å². The number of rotatable bonds is 10. The second-order valence-corrected chi connectivity index (χ2v) is 7.76. The maximum atomic E-state index is 12.1. The van der Waals surface area contributed by atoms with Gasteiger partial charge in [0.15, 0.2) is 11.0 Å². The van der Waals surface area contributed by atoms with Crippen molar-refractivity contribution in [3.8, 4) is 11.4 Å². The molecular weight excluding hydrogens is 380 g/mol. The summed E-state index contributed by atoms with van der Waals surface area (Å²) in [4.78, 5) is 13.4. The molecule has 1 aromatic carbocycles. The minimum absolute atomic E-state index is 0.000825. The molecule has 0 aliphatic rings. The molecule has 0 aliphatic heterocycles. The van der Waals surface area contributed by atoms with E-state index in [1.807, 2.05) is 46.3 Å². The summed E-state index contributed by atoms with van der Waals surface area (Å²) in [5.74, 6) is 1.09. The lowest BCUT2D eigenvalue weighted by Crippen LogP contribution is -2.27. The van der Waals surface area contributed by atoms with Gasteiger partial charge in [-0.25, -0.2) is 0 Å². The monoisotopic (exact) mass is 402 g/mol. The molecule has 0 unspecified atom stereocenters. The van der Waals surface area contributed by atoms with Crippen molar-refractivity contribution in [2.75, 3.05) is 26.0 Å². The van der Waals surface area contributed by atoms with Gasteiger partial charge in [0.2, 0.25) is 5.91 Å². The van der Waals surface area contributed by atoms with E-state index in [4.69, 9.17) is 4.74 Å². The van der Waals surface area contributed by atoms with Crippen molar-refractivity contribution >= 4 is 29.0 Å². The average Bonchev–Trinajstić information content (AvgIpc) is 3.35. The summed E-state index contributed by atoms with van der Waals surface area (Å²) in [5, 5.41) is 14.3. The Morgan fingerprint density at radius 1 is 1.22 bits per heavy atom. The Kier molecular flexibility index (Phi) is 7.44.